The van der Waals surface area contributed by atoms with Crippen LogP contribution in [0.2, 0.25) is 0 Å². The molecule has 0 aliphatic rings. The predicted octanol–water partition coefficient (Wildman–Crippen LogP) is 2.01. The van der Waals surface area contributed by atoms with Crippen molar-refractivity contribution in [3.8, 4) is 0 Å². The molecule has 0 saturated heterocycles. The lowest BCUT2D eigenvalue weighted by Crippen LogP contribution is -2.27. The van der Waals surface area contributed by atoms with Crippen LogP contribution in [0.3, 0.4) is 0 Å². The highest BCUT2D eigenvalue weighted by atomic mass is 32.2. The van der Waals surface area contributed by atoms with Gasteiger partial charge in [-0.1, -0.05) is 17.1 Å². The summed E-state index contributed by atoms with van der Waals surface area (Å²) in [5.74, 6) is 0.181. The topological polar surface area (TPSA) is 43.4 Å². The predicted molar refractivity (Wildman–Crippen MR) is 67.6 cm³/mol. The Balaban J connectivity index is 2.78. The number of rotatable bonds is 5. The van der Waals surface area contributed by atoms with Crippen molar-refractivity contribution in [2.75, 3.05) is 23.7 Å². The zero-order valence-corrected chi connectivity index (χ0v) is 10.8. The summed E-state index contributed by atoms with van der Waals surface area (Å²) >= 11 is -1.96. The monoisotopic (exact) mass is 240 g/mol. The molecule has 90 valence electrons. The smallest absolute Gasteiger partial charge is 0.0369 e. The van der Waals surface area contributed by atoms with Crippen molar-refractivity contribution in [2.45, 2.75) is 20.8 Å². The van der Waals surface area contributed by atoms with Gasteiger partial charge in [-0.15, -0.1) is 0 Å². The summed E-state index contributed by atoms with van der Waals surface area (Å²) in [5.41, 5.74) is 3.59. The number of aryl methyl sites for hydroxylation is 2. The van der Waals surface area contributed by atoms with Gasteiger partial charge >= 0.3 is 0 Å². The van der Waals surface area contributed by atoms with Crippen molar-refractivity contribution in [1.29, 1.82) is 0 Å². The minimum atomic E-state index is -1.96. The maximum absolute atomic E-state index is 10.5. The second-order valence-electron chi connectivity index (χ2n) is 3.86. The molecular weight excluding hydrogens is 222 g/mol. The molecule has 0 N–H and O–H groups in total. The van der Waals surface area contributed by atoms with Gasteiger partial charge in [-0.25, -0.2) is 0 Å². The van der Waals surface area contributed by atoms with Crippen LogP contribution in [0.25, 0.3) is 0 Å². The number of hydrogen-bond donors (Lipinski definition) is 0. The molecule has 1 aromatic carbocycles. The highest BCUT2D eigenvalue weighted by Gasteiger charge is 2.04. The van der Waals surface area contributed by atoms with Gasteiger partial charge in [0.05, 0.1) is 0 Å². The minimum absolute atomic E-state index is 0.181. The largest absolute Gasteiger partial charge is 0.772 e. The Morgan fingerprint density at radius 2 is 2.00 bits per heavy atom. The summed E-state index contributed by atoms with van der Waals surface area (Å²) in [6, 6.07) is 6.22. The normalized spacial score (nSPS) is 12.5. The van der Waals surface area contributed by atoms with E-state index in [1.54, 1.807) is 0 Å². The average molecular weight is 240 g/mol. The van der Waals surface area contributed by atoms with Gasteiger partial charge in [-0.3, -0.25) is 4.21 Å². The summed E-state index contributed by atoms with van der Waals surface area (Å²) in [4.78, 5) is 2.07. The molecule has 0 spiro atoms. The molecule has 0 aliphatic heterocycles. The number of anilines is 1. The van der Waals surface area contributed by atoms with Crippen LogP contribution in [0.5, 0.6) is 0 Å². The van der Waals surface area contributed by atoms with Gasteiger partial charge in [-0.05, 0) is 44.0 Å². The fraction of sp³-hybridized carbons (Fsp3) is 0.500. The van der Waals surface area contributed by atoms with Gasteiger partial charge in [0.25, 0.3) is 0 Å². The maximum atomic E-state index is 10.5. The molecule has 0 amide bonds. The quantitative estimate of drug-likeness (QED) is 0.739. The van der Waals surface area contributed by atoms with E-state index in [0.29, 0.717) is 6.54 Å². The van der Waals surface area contributed by atoms with Crippen molar-refractivity contribution < 1.29 is 8.76 Å². The number of benzene rings is 1. The van der Waals surface area contributed by atoms with E-state index in [1.165, 1.54) is 11.1 Å². The van der Waals surface area contributed by atoms with Crippen molar-refractivity contribution in [2.24, 2.45) is 0 Å². The van der Waals surface area contributed by atoms with Crippen LogP contribution in [-0.2, 0) is 11.1 Å². The first-order chi connectivity index (χ1) is 7.54. The van der Waals surface area contributed by atoms with Crippen LogP contribution in [0.4, 0.5) is 5.69 Å². The molecule has 0 bridgehead atoms. The second-order valence-corrected chi connectivity index (χ2v) is 4.87. The van der Waals surface area contributed by atoms with Crippen molar-refractivity contribution in [1.82, 2.24) is 0 Å². The first-order valence-electron chi connectivity index (χ1n) is 5.42. The third-order valence-electron chi connectivity index (χ3n) is 2.77. The maximum Gasteiger partial charge on any atom is 0.0369 e. The molecule has 0 fully saturated rings. The molecule has 1 unspecified atom stereocenters. The molecule has 0 aliphatic carbocycles. The summed E-state index contributed by atoms with van der Waals surface area (Å²) in [7, 11) is 0. The Bertz CT molecular complexity index is 379. The molecule has 4 heteroatoms. The standard InChI is InChI=1S/C12H19NO2S/c1-4-13(7-8-16(14)15)12-6-5-10(2)11(3)9-12/h5-6,9H,4,7-8H2,1-3H3,(H,14,15)/p-1. The lowest BCUT2D eigenvalue weighted by Gasteiger charge is -2.24. The highest BCUT2D eigenvalue weighted by Crippen LogP contribution is 2.18. The fourth-order valence-electron chi connectivity index (χ4n) is 1.58. The summed E-state index contributed by atoms with van der Waals surface area (Å²) < 4.78 is 21.1. The molecule has 16 heavy (non-hydrogen) atoms. The zero-order valence-electron chi connectivity index (χ0n) is 10.0. The van der Waals surface area contributed by atoms with E-state index >= 15 is 0 Å². The van der Waals surface area contributed by atoms with Crippen molar-refractivity contribution >= 4 is 16.8 Å². The molecular formula is C12H18NO2S-. The van der Waals surface area contributed by atoms with Gasteiger partial charge in [-0.2, -0.15) is 0 Å². The van der Waals surface area contributed by atoms with Crippen molar-refractivity contribution in [3.05, 3.63) is 29.3 Å². The van der Waals surface area contributed by atoms with E-state index in [4.69, 9.17) is 0 Å². The first kappa shape index (κ1) is 13.2. The first-order valence-corrected chi connectivity index (χ1v) is 6.67. The zero-order chi connectivity index (χ0) is 12.1. The van der Waals surface area contributed by atoms with Crippen LogP contribution < -0.4 is 4.90 Å². The van der Waals surface area contributed by atoms with Gasteiger partial charge in [0, 0.05) is 24.5 Å². The molecule has 0 aromatic heterocycles. The molecule has 0 heterocycles. The Hall–Kier alpha value is -0.870. The third-order valence-corrected chi connectivity index (χ3v) is 3.28. The van der Waals surface area contributed by atoms with E-state index in [1.807, 2.05) is 13.0 Å². The second kappa shape index (κ2) is 6.01. The number of nitrogens with zero attached hydrogens (tertiary/aromatic N) is 1. The minimum Gasteiger partial charge on any atom is -0.772 e. The Kier molecular flexibility index (Phi) is 4.96. The molecule has 1 aromatic rings. The van der Waals surface area contributed by atoms with Crippen LogP contribution in [0.15, 0.2) is 18.2 Å². The Morgan fingerprint density at radius 3 is 2.50 bits per heavy atom. The van der Waals surface area contributed by atoms with Gasteiger partial charge in [0.2, 0.25) is 0 Å². The highest BCUT2D eigenvalue weighted by molar-refractivity contribution is 7.79. The SMILES string of the molecule is CCN(CCS(=O)[O-])c1ccc(C)c(C)c1. The Labute approximate surface area is 99.8 Å². The summed E-state index contributed by atoms with van der Waals surface area (Å²) in [6.45, 7) is 7.54. The van der Waals surface area contributed by atoms with Crippen LogP contribution >= 0.6 is 0 Å². The van der Waals surface area contributed by atoms with Crippen LogP contribution in [-0.4, -0.2) is 27.6 Å². The van der Waals surface area contributed by atoms with Gasteiger partial charge in [0.15, 0.2) is 0 Å². The lowest BCUT2D eigenvalue weighted by molar-refractivity contribution is 0.536. The average Bonchev–Trinajstić information content (AvgIpc) is 2.23. The fourth-order valence-corrected chi connectivity index (χ4v) is 1.95. The van der Waals surface area contributed by atoms with Gasteiger partial charge < -0.3 is 9.45 Å². The summed E-state index contributed by atoms with van der Waals surface area (Å²) in [5, 5.41) is 0. The van der Waals surface area contributed by atoms with Gasteiger partial charge in [0.1, 0.15) is 0 Å². The molecule has 1 atom stereocenters. The lowest BCUT2D eigenvalue weighted by atomic mass is 10.1. The van der Waals surface area contributed by atoms with E-state index < -0.39 is 11.1 Å². The molecule has 0 radical (unpaired) electrons. The van der Waals surface area contributed by atoms with Crippen molar-refractivity contribution in [3.63, 3.8) is 0 Å². The molecule has 1 rings (SSSR count). The summed E-state index contributed by atoms with van der Waals surface area (Å²) in [6.07, 6.45) is 0. The van der Waals surface area contributed by atoms with Crippen LogP contribution in [0, 0.1) is 13.8 Å². The molecule has 3 nitrogen and oxygen atoms in total. The van der Waals surface area contributed by atoms with E-state index in [9.17, 15) is 8.76 Å². The molecule has 0 saturated carbocycles. The number of hydrogen-bond acceptors (Lipinski definition) is 3. The van der Waals surface area contributed by atoms with Crippen LogP contribution in [0.1, 0.15) is 18.1 Å². The Morgan fingerprint density at radius 1 is 1.31 bits per heavy atom. The van der Waals surface area contributed by atoms with E-state index in [2.05, 4.69) is 30.9 Å². The third kappa shape index (κ3) is 3.61. The van der Waals surface area contributed by atoms with E-state index in [-0.39, 0.29) is 5.75 Å². The van der Waals surface area contributed by atoms with E-state index in [0.717, 1.165) is 12.2 Å².